The summed E-state index contributed by atoms with van der Waals surface area (Å²) in [5, 5.41) is 10.9. The molecule has 80 heavy (non-hydrogen) atoms. The second-order valence-electron chi connectivity index (χ2n) is 21.9. The maximum atomic E-state index is 13.0. The van der Waals surface area contributed by atoms with Gasteiger partial charge in [-0.2, -0.15) is 10.2 Å². The molecule has 0 bridgehead atoms. The summed E-state index contributed by atoms with van der Waals surface area (Å²) in [4.78, 5) is 71.4. The van der Waals surface area contributed by atoms with Gasteiger partial charge in [-0.25, -0.2) is 29.3 Å². The average molecular weight is 1100 g/mol. The molecule has 4 aromatic carbocycles. The molecule has 5 aliphatic rings. The number of amides is 4. The number of hydrogen-bond donors (Lipinski definition) is 0. The molecule has 0 radical (unpaired) electrons. The fraction of sp³-hybridized carbons (Fsp3) is 0.367. The Hall–Kier alpha value is -7.55. The van der Waals surface area contributed by atoms with Crippen LogP contribution in [0.25, 0.3) is 33.3 Å². The number of nitrogens with zero attached hydrogens (tertiary/aromatic N) is 10. The number of benzene rings is 4. The molecule has 0 spiro atoms. The molecule has 0 saturated carbocycles. The van der Waals surface area contributed by atoms with Crippen LogP contribution < -0.4 is 5.46 Å². The first-order chi connectivity index (χ1) is 38.4. The second kappa shape index (κ2) is 21.8. The number of ether oxygens (including phenoxy) is 2. The van der Waals surface area contributed by atoms with Crippen LogP contribution >= 0.6 is 11.6 Å². The van der Waals surface area contributed by atoms with Gasteiger partial charge >= 0.3 is 7.12 Å². The second-order valence-corrected chi connectivity index (χ2v) is 22.2. The molecule has 18 nitrogen and oxygen atoms in total. The Morgan fingerprint density at radius 2 is 1.02 bits per heavy atom. The molecule has 9 heterocycles. The van der Waals surface area contributed by atoms with Crippen molar-refractivity contribution >= 4 is 69.9 Å². The van der Waals surface area contributed by atoms with Crippen molar-refractivity contribution in [3.05, 3.63) is 160 Å². The van der Waals surface area contributed by atoms with Crippen molar-refractivity contribution in [1.29, 1.82) is 0 Å². The van der Waals surface area contributed by atoms with Gasteiger partial charge in [0.1, 0.15) is 17.8 Å². The number of aromatic nitrogens is 8. The van der Waals surface area contributed by atoms with Gasteiger partial charge in [0.15, 0.2) is 23.8 Å². The smallest absolute Gasteiger partial charge is 0.399 e. The first-order valence-corrected chi connectivity index (χ1v) is 27.6. The van der Waals surface area contributed by atoms with Crippen molar-refractivity contribution in [3.8, 4) is 11.3 Å². The summed E-state index contributed by atoms with van der Waals surface area (Å²) in [6, 6.07) is 25.1. The first kappa shape index (κ1) is 54.4. The lowest BCUT2D eigenvalue weighted by Crippen LogP contribution is -2.41. The Labute approximate surface area is 468 Å². The van der Waals surface area contributed by atoms with Crippen LogP contribution in [0.3, 0.4) is 0 Å². The van der Waals surface area contributed by atoms with Crippen molar-refractivity contribution in [1.82, 2.24) is 49.3 Å². The summed E-state index contributed by atoms with van der Waals surface area (Å²) in [7, 11) is -0.442. The predicted octanol–water partition coefficient (Wildman–Crippen LogP) is 10.7. The van der Waals surface area contributed by atoms with Gasteiger partial charge in [-0.15, -0.1) is 0 Å². The molecule has 4 unspecified atom stereocenters. The van der Waals surface area contributed by atoms with Crippen LogP contribution in [0.2, 0.25) is 5.15 Å². The van der Waals surface area contributed by atoms with E-state index in [1.165, 1.54) is 16.1 Å². The fourth-order valence-corrected chi connectivity index (χ4v) is 11.3. The Bertz CT molecular complexity index is 3630. The quantitative estimate of drug-likeness (QED) is 0.0791. The summed E-state index contributed by atoms with van der Waals surface area (Å²) in [5.74, 6) is -0.993. The molecule has 8 aromatic rings. The molecular weight excluding hydrogens is 1030 g/mol. The Morgan fingerprint density at radius 3 is 1.49 bits per heavy atom. The normalized spacial score (nSPS) is 20.1. The summed E-state index contributed by atoms with van der Waals surface area (Å²) >= 11 is 5.96. The first-order valence-electron chi connectivity index (χ1n) is 27.2. The molecule has 13 rings (SSSR count). The minimum Gasteiger partial charge on any atom is -0.399 e. The largest absolute Gasteiger partial charge is 0.494 e. The third-order valence-electron chi connectivity index (χ3n) is 16.3. The van der Waals surface area contributed by atoms with Crippen molar-refractivity contribution < 1.29 is 38.0 Å². The van der Waals surface area contributed by atoms with Gasteiger partial charge in [0.25, 0.3) is 23.6 Å². The van der Waals surface area contributed by atoms with Gasteiger partial charge in [-0.05, 0) is 152 Å². The van der Waals surface area contributed by atoms with E-state index >= 15 is 0 Å². The highest BCUT2D eigenvalue weighted by atomic mass is 35.5. The molecule has 410 valence electrons. The van der Waals surface area contributed by atoms with E-state index < -0.39 is 24.4 Å². The van der Waals surface area contributed by atoms with Gasteiger partial charge in [-0.1, -0.05) is 66.2 Å². The zero-order valence-corrected chi connectivity index (χ0v) is 46.8. The maximum Gasteiger partial charge on any atom is 0.494 e. The van der Waals surface area contributed by atoms with Crippen LogP contribution in [0.5, 0.6) is 0 Å². The van der Waals surface area contributed by atoms with Crippen LogP contribution in [0.4, 0.5) is 0 Å². The molecule has 4 aromatic heterocycles. The van der Waals surface area contributed by atoms with Crippen molar-refractivity contribution in [2.45, 2.75) is 130 Å². The lowest BCUT2D eigenvalue weighted by Gasteiger charge is -2.32. The van der Waals surface area contributed by atoms with Crippen LogP contribution in [-0.4, -0.2) is 104 Å². The van der Waals surface area contributed by atoms with Crippen molar-refractivity contribution in [2.24, 2.45) is 0 Å². The van der Waals surface area contributed by atoms with Crippen molar-refractivity contribution in [3.63, 3.8) is 0 Å². The molecule has 5 aliphatic heterocycles. The van der Waals surface area contributed by atoms with E-state index in [-0.39, 0.29) is 42.1 Å². The highest BCUT2D eigenvalue weighted by Crippen LogP contribution is 2.39. The third kappa shape index (κ3) is 9.88. The van der Waals surface area contributed by atoms with E-state index in [9.17, 15) is 19.2 Å². The average Bonchev–Trinajstić information content (AvgIpc) is 4.34. The summed E-state index contributed by atoms with van der Waals surface area (Å²) in [6.45, 7) is 17.4. The monoisotopic (exact) mass is 1100 g/mol. The minimum atomic E-state index is -0.442. The number of carbonyl (C=O) groups excluding carboxylic acids is 4. The summed E-state index contributed by atoms with van der Waals surface area (Å²) in [6.07, 6.45) is 12.7. The number of hydrogen-bond acceptors (Lipinski definition) is 14. The number of rotatable bonds is 8. The number of carbonyl (C=O) groups is 4. The predicted molar refractivity (Wildman–Crippen MR) is 301 cm³/mol. The number of aryl methyl sites for hydroxylation is 2. The third-order valence-corrected chi connectivity index (χ3v) is 16.6. The van der Waals surface area contributed by atoms with Crippen LogP contribution in [-0.2, 0) is 18.8 Å². The fourth-order valence-electron chi connectivity index (χ4n) is 11.2. The van der Waals surface area contributed by atoms with Gasteiger partial charge < -0.3 is 18.8 Å². The van der Waals surface area contributed by atoms with Crippen LogP contribution in [0.1, 0.15) is 168 Å². The standard InChI is InChI=1S/C27H25N5O3.C23H26BNO4.C10H11ClN4O/c1-16-13-18(24-22-14-30-32(25(22)29-15-28-24)23-9-5-6-12-35-23)10-11-19(16)17(2)31-26(33)20-7-3-4-8-21(20)27(31)34;1-14-13-16(24-28-22(3,4)23(5,6)29-24)11-12-17(14)15(2)25-20(26)18-9-7-8-10-19(18)21(25)27;11-9-7-5-14-15(10(7)13-6-12-9)8-3-1-2-4-16-8/h3-4,7-8,10-11,13-15,17,23H,5-6,9,12H2,1-2H3;7-13,15H,1-6H3;5-6,8H,1-4H2. The number of imide groups is 2. The van der Waals surface area contributed by atoms with Crippen molar-refractivity contribution in [2.75, 3.05) is 13.2 Å². The van der Waals surface area contributed by atoms with Gasteiger partial charge in [-0.3, -0.25) is 29.0 Å². The number of fused-ring (bicyclic) bond motifs is 4. The molecule has 0 N–H and O–H groups in total. The molecule has 4 amide bonds. The topological polar surface area (TPSA) is 199 Å². The molecule has 3 fully saturated rings. The lowest BCUT2D eigenvalue weighted by atomic mass is 9.77. The highest BCUT2D eigenvalue weighted by Gasteiger charge is 2.52. The highest BCUT2D eigenvalue weighted by molar-refractivity contribution is 6.62. The van der Waals surface area contributed by atoms with Gasteiger partial charge in [0.2, 0.25) is 0 Å². The van der Waals surface area contributed by atoms with E-state index in [4.69, 9.17) is 30.4 Å². The molecular formula is C60H62BClN10O8. The minimum absolute atomic E-state index is 0.0165. The van der Waals surface area contributed by atoms with E-state index in [1.54, 1.807) is 71.9 Å². The lowest BCUT2D eigenvalue weighted by molar-refractivity contribution is -0.0371. The molecule has 3 saturated heterocycles. The summed E-state index contributed by atoms with van der Waals surface area (Å²) < 4.78 is 27.5. The van der Waals surface area contributed by atoms with Gasteiger partial charge in [0, 0.05) is 18.8 Å². The van der Waals surface area contributed by atoms with E-state index in [0.29, 0.717) is 27.4 Å². The number of halogens is 1. The molecule has 20 heteroatoms. The van der Waals surface area contributed by atoms with Crippen LogP contribution in [0.15, 0.2) is 110 Å². The Kier molecular flexibility index (Phi) is 14.9. The summed E-state index contributed by atoms with van der Waals surface area (Å²) in [5.41, 5.74) is 9.00. The van der Waals surface area contributed by atoms with E-state index in [2.05, 4.69) is 30.1 Å². The van der Waals surface area contributed by atoms with Crippen LogP contribution in [0, 0.1) is 13.8 Å². The van der Waals surface area contributed by atoms with E-state index in [0.717, 1.165) is 113 Å². The van der Waals surface area contributed by atoms with E-state index in [1.807, 2.05) is 96.5 Å². The Balaban J connectivity index is 0.000000135. The Morgan fingerprint density at radius 1 is 0.575 bits per heavy atom. The zero-order chi connectivity index (χ0) is 56.2. The SMILES string of the molecule is Cc1cc(-c2ncnc3c2cnn3C2CCCCO2)ccc1C(C)N1C(=O)c2ccccc2C1=O.Cc1cc(B2OC(C)(C)C(C)(C)O2)ccc1C(C)N1C(=O)c2ccccc2C1=O.Clc1ncnc2c1cnn2C1CCCCO1. The zero-order valence-electron chi connectivity index (χ0n) is 46.1. The van der Waals surface area contributed by atoms with Gasteiger partial charge in [0.05, 0.1) is 74.4 Å². The molecule has 0 aliphatic carbocycles. The maximum absolute atomic E-state index is 13.0. The molecule has 4 atom stereocenters.